The van der Waals surface area contributed by atoms with Gasteiger partial charge in [0.25, 0.3) is 0 Å². The molecule has 1 saturated heterocycles. The summed E-state index contributed by atoms with van der Waals surface area (Å²) in [7, 11) is 0. The standard InChI is InChI=1S/C13H19N3O/c1-3-12-9-16(7-6-14-12)13-5-4-11(8-15-13)10(2)17/h4-5,8,12,14H,3,6-7,9H2,1-2H3. The van der Waals surface area contributed by atoms with Gasteiger partial charge < -0.3 is 10.2 Å². The van der Waals surface area contributed by atoms with Crippen molar-refractivity contribution in [2.24, 2.45) is 0 Å². The molecule has 1 fully saturated rings. The Kier molecular flexibility index (Phi) is 3.74. The Bertz CT molecular complexity index is 388. The second-order valence-electron chi connectivity index (χ2n) is 4.47. The molecule has 0 spiro atoms. The molecule has 0 amide bonds. The van der Waals surface area contributed by atoms with Crippen LogP contribution in [0.5, 0.6) is 0 Å². The quantitative estimate of drug-likeness (QED) is 0.803. The number of Topliss-reactive ketones (excluding diaryl/α,β-unsaturated/α-hetero) is 1. The minimum Gasteiger partial charge on any atom is -0.354 e. The van der Waals surface area contributed by atoms with Gasteiger partial charge in [-0.1, -0.05) is 6.92 Å². The number of carbonyl (C=O) groups is 1. The molecule has 1 aromatic heterocycles. The average Bonchev–Trinajstić information content (AvgIpc) is 2.39. The number of carbonyl (C=O) groups excluding carboxylic acids is 1. The second kappa shape index (κ2) is 5.27. The molecule has 0 radical (unpaired) electrons. The lowest BCUT2D eigenvalue weighted by atomic mass is 10.1. The van der Waals surface area contributed by atoms with Crippen LogP contribution in [0, 0.1) is 0 Å². The number of ketones is 1. The molecule has 1 aromatic rings. The number of hydrogen-bond acceptors (Lipinski definition) is 4. The maximum atomic E-state index is 11.2. The van der Waals surface area contributed by atoms with Gasteiger partial charge >= 0.3 is 0 Å². The topological polar surface area (TPSA) is 45.2 Å². The molecule has 1 atom stereocenters. The highest BCUT2D eigenvalue weighted by atomic mass is 16.1. The third kappa shape index (κ3) is 2.82. The zero-order valence-corrected chi connectivity index (χ0v) is 10.4. The first-order valence-corrected chi connectivity index (χ1v) is 6.16. The first-order chi connectivity index (χ1) is 8.20. The summed E-state index contributed by atoms with van der Waals surface area (Å²) in [6.45, 7) is 6.71. The van der Waals surface area contributed by atoms with Crippen LogP contribution < -0.4 is 10.2 Å². The smallest absolute Gasteiger partial charge is 0.161 e. The van der Waals surface area contributed by atoms with Crippen molar-refractivity contribution in [3.05, 3.63) is 23.9 Å². The molecule has 1 aliphatic rings. The molecule has 1 unspecified atom stereocenters. The number of hydrogen-bond donors (Lipinski definition) is 1. The van der Waals surface area contributed by atoms with Gasteiger partial charge in [-0.15, -0.1) is 0 Å². The first-order valence-electron chi connectivity index (χ1n) is 6.16. The van der Waals surface area contributed by atoms with Crippen LogP contribution in [0.15, 0.2) is 18.3 Å². The fourth-order valence-electron chi connectivity index (χ4n) is 2.09. The molecule has 1 aliphatic heterocycles. The van der Waals surface area contributed by atoms with Crippen LogP contribution in [0.1, 0.15) is 30.6 Å². The molecule has 0 aliphatic carbocycles. The molecule has 92 valence electrons. The average molecular weight is 233 g/mol. The van der Waals surface area contributed by atoms with E-state index >= 15 is 0 Å². The summed E-state index contributed by atoms with van der Waals surface area (Å²) < 4.78 is 0. The van der Waals surface area contributed by atoms with Gasteiger partial charge in [-0.25, -0.2) is 4.98 Å². The number of nitrogens with one attached hydrogen (secondary N) is 1. The minimum absolute atomic E-state index is 0.0656. The van der Waals surface area contributed by atoms with E-state index in [0.717, 1.165) is 31.9 Å². The van der Waals surface area contributed by atoms with Crippen molar-refractivity contribution in [3.8, 4) is 0 Å². The number of anilines is 1. The molecular weight excluding hydrogens is 214 g/mol. The van der Waals surface area contributed by atoms with Crippen molar-refractivity contribution in [3.63, 3.8) is 0 Å². The fraction of sp³-hybridized carbons (Fsp3) is 0.538. The summed E-state index contributed by atoms with van der Waals surface area (Å²) in [6, 6.07) is 4.33. The van der Waals surface area contributed by atoms with E-state index in [1.165, 1.54) is 0 Å². The van der Waals surface area contributed by atoms with Gasteiger partial charge in [0.1, 0.15) is 5.82 Å². The number of rotatable bonds is 3. The van der Waals surface area contributed by atoms with Crippen LogP contribution >= 0.6 is 0 Å². The summed E-state index contributed by atoms with van der Waals surface area (Å²) >= 11 is 0. The van der Waals surface area contributed by atoms with Gasteiger partial charge in [0.2, 0.25) is 0 Å². The Morgan fingerprint density at radius 2 is 2.41 bits per heavy atom. The molecule has 0 bridgehead atoms. The van der Waals surface area contributed by atoms with E-state index in [1.54, 1.807) is 13.1 Å². The predicted molar refractivity (Wildman–Crippen MR) is 68.5 cm³/mol. The van der Waals surface area contributed by atoms with Crippen molar-refractivity contribution in [2.75, 3.05) is 24.5 Å². The van der Waals surface area contributed by atoms with E-state index in [4.69, 9.17) is 0 Å². The molecule has 2 rings (SSSR count). The van der Waals surface area contributed by atoms with E-state index < -0.39 is 0 Å². The van der Waals surface area contributed by atoms with Crippen LogP contribution in [-0.4, -0.2) is 36.4 Å². The maximum absolute atomic E-state index is 11.2. The molecular formula is C13H19N3O. The highest BCUT2D eigenvalue weighted by molar-refractivity contribution is 5.93. The van der Waals surface area contributed by atoms with Crippen molar-refractivity contribution in [1.82, 2.24) is 10.3 Å². The summed E-state index contributed by atoms with van der Waals surface area (Å²) in [5, 5.41) is 3.47. The lowest BCUT2D eigenvalue weighted by Gasteiger charge is -2.34. The van der Waals surface area contributed by atoms with Gasteiger partial charge in [-0.2, -0.15) is 0 Å². The van der Waals surface area contributed by atoms with E-state index in [1.807, 2.05) is 12.1 Å². The number of aromatic nitrogens is 1. The summed E-state index contributed by atoms with van der Waals surface area (Å²) in [6.07, 6.45) is 2.79. The SMILES string of the molecule is CCC1CN(c2ccc(C(C)=O)cn2)CCN1. The van der Waals surface area contributed by atoms with Gasteiger partial charge in [-0.3, -0.25) is 4.79 Å². The lowest BCUT2D eigenvalue weighted by molar-refractivity contribution is 0.101. The molecule has 2 heterocycles. The first kappa shape index (κ1) is 12.0. The Labute approximate surface area is 102 Å². The number of piperazine rings is 1. The Morgan fingerprint density at radius 1 is 1.59 bits per heavy atom. The van der Waals surface area contributed by atoms with Crippen molar-refractivity contribution >= 4 is 11.6 Å². The molecule has 1 N–H and O–H groups in total. The van der Waals surface area contributed by atoms with Crippen molar-refractivity contribution in [2.45, 2.75) is 26.3 Å². The lowest BCUT2D eigenvalue weighted by Crippen LogP contribution is -2.50. The van der Waals surface area contributed by atoms with Crippen molar-refractivity contribution < 1.29 is 4.79 Å². The molecule has 4 nitrogen and oxygen atoms in total. The van der Waals surface area contributed by atoms with Crippen LogP contribution in [0.3, 0.4) is 0 Å². The zero-order valence-electron chi connectivity index (χ0n) is 10.4. The molecule has 0 saturated carbocycles. The largest absolute Gasteiger partial charge is 0.354 e. The van der Waals surface area contributed by atoms with Crippen LogP contribution in [-0.2, 0) is 0 Å². The van der Waals surface area contributed by atoms with E-state index in [0.29, 0.717) is 11.6 Å². The van der Waals surface area contributed by atoms with Crippen LogP contribution in [0.4, 0.5) is 5.82 Å². The normalized spacial score (nSPS) is 20.4. The minimum atomic E-state index is 0.0656. The monoisotopic (exact) mass is 233 g/mol. The molecule has 17 heavy (non-hydrogen) atoms. The van der Waals surface area contributed by atoms with Gasteiger partial charge in [0, 0.05) is 37.4 Å². The Hall–Kier alpha value is -1.42. The number of pyridine rings is 1. The number of nitrogens with zero attached hydrogens (tertiary/aromatic N) is 2. The summed E-state index contributed by atoms with van der Waals surface area (Å²) in [5.74, 6) is 1.03. The maximum Gasteiger partial charge on any atom is 0.161 e. The molecule has 0 aromatic carbocycles. The molecule has 4 heteroatoms. The fourth-order valence-corrected chi connectivity index (χ4v) is 2.09. The van der Waals surface area contributed by atoms with Gasteiger partial charge in [0.05, 0.1) is 0 Å². The predicted octanol–water partition coefficient (Wildman–Crippen LogP) is 1.47. The van der Waals surface area contributed by atoms with Crippen LogP contribution in [0.2, 0.25) is 0 Å². The van der Waals surface area contributed by atoms with Crippen molar-refractivity contribution in [1.29, 1.82) is 0 Å². The second-order valence-corrected chi connectivity index (χ2v) is 4.47. The highest BCUT2D eigenvalue weighted by Crippen LogP contribution is 2.14. The van der Waals surface area contributed by atoms with Gasteiger partial charge in [0.15, 0.2) is 5.78 Å². The van der Waals surface area contributed by atoms with Gasteiger partial charge in [-0.05, 0) is 25.5 Å². The van der Waals surface area contributed by atoms with E-state index in [9.17, 15) is 4.79 Å². The third-order valence-electron chi connectivity index (χ3n) is 3.23. The zero-order chi connectivity index (χ0) is 12.3. The third-order valence-corrected chi connectivity index (χ3v) is 3.23. The highest BCUT2D eigenvalue weighted by Gasteiger charge is 2.18. The Balaban J connectivity index is 2.08. The summed E-state index contributed by atoms with van der Waals surface area (Å²) in [5.41, 5.74) is 0.677. The summed E-state index contributed by atoms with van der Waals surface area (Å²) in [4.78, 5) is 17.8. The van der Waals surface area contributed by atoms with Crippen LogP contribution in [0.25, 0.3) is 0 Å². The van der Waals surface area contributed by atoms with E-state index in [2.05, 4.69) is 22.1 Å². The Morgan fingerprint density at radius 3 is 3.00 bits per heavy atom. The van der Waals surface area contributed by atoms with E-state index in [-0.39, 0.29) is 5.78 Å².